The van der Waals surface area contributed by atoms with Crippen molar-refractivity contribution >= 4 is 46.1 Å². The predicted octanol–water partition coefficient (Wildman–Crippen LogP) is 5.92. The molecule has 0 radical (unpaired) electrons. The SMILES string of the molecule is COc1ccc2c(O[C@@H]3C[C@H]4C(=O)N[C@]5(C(N)=O)C[C@H]5/C=C\CCCCC[C@H](NC(=O)OC(C)(C)C)C(=O)N4C3)cc(-c3nc(C(C)C)cs3)nc2c1C. The van der Waals surface area contributed by atoms with Crippen LogP contribution >= 0.6 is 11.3 Å². The maximum Gasteiger partial charge on any atom is 0.408 e. The molecule has 1 aliphatic carbocycles. The molecule has 4 N–H and O–H groups in total. The van der Waals surface area contributed by atoms with Crippen LogP contribution in [0.15, 0.2) is 35.7 Å². The number of pyridine rings is 1. The largest absolute Gasteiger partial charge is 0.496 e. The van der Waals surface area contributed by atoms with Gasteiger partial charge in [0.25, 0.3) is 0 Å². The Morgan fingerprint density at radius 3 is 2.59 bits per heavy atom. The van der Waals surface area contributed by atoms with E-state index in [2.05, 4.69) is 24.5 Å². The van der Waals surface area contributed by atoms with Gasteiger partial charge < -0.3 is 35.5 Å². The zero-order chi connectivity index (χ0) is 38.9. The van der Waals surface area contributed by atoms with Gasteiger partial charge in [0.05, 0.1) is 24.9 Å². The lowest BCUT2D eigenvalue weighted by atomic mass is 10.0. The smallest absolute Gasteiger partial charge is 0.408 e. The number of rotatable bonds is 7. The van der Waals surface area contributed by atoms with Gasteiger partial charge in [-0.1, -0.05) is 38.8 Å². The maximum atomic E-state index is 14.5. The normalized spacial score (nSPS) is 25.5. The number of aromatic nitrogens is 2. The summed E-state index contributed by atoms with van der Waals surface area (Å²) in [6.07, 6.45) is 6.65. The molecule has 1 saturated carbocycles. The Morgan fingerprint density at radius 1 is 1.13 bits per heavy atom. The number of primary amides is 1. The Kier molecular flexibility index (Phi) is 11.2. The molecule has 290 valence electrons. The number of alkyl carbamates (subject to hydrolysis) is 1. The van der Waals surface area contributed by atoms with Crippen LogP contribution in [-0.4, -0.2) is 81.7 Å². The number of hydrogen-bond donors (Lipinski definition) is 3. The average molecular weight is 761 g/mol. The first kappa shape index (κ1) is 39.0. The van der Waals surface area contributed by atoms with Gasteiger partial charge in [-0.15, -0.1) is 11.3 Å². The van der Waals surface area contributed by atoms with E-state index in [1.54, 1.807) is 27.9 Å². The standard InChI is InChI=1S/C40H52N6O7S/c1-22(2)29-21-54-35(43-29)28-18-32(26-15-16-31(51-7)23(3)33(26)42-28)52-25-17-30-34(47)45-40(37(41)49)19-24(40)13-11-9-8-10-12-14-27(36(48)46(30)20-25)44-38(50)53-39(4,5)6/h11,13,15-16,18,21-22,24-25,27,30H,8-10,12,14,17,19-20H2,1-7H3,(H2,41,49)(H,44,50)(H,45,47)/b13-11-/t24-,25-,27+,30+,40-/m1/s1. The Hall–Kier alpha value is -4.72. The topological polar surface area (TPSA) is 175 Å². The van der Waals surface area contributed by atoms with Gasteiger partial charge in [-0.25, -0.2) is 14.8 Å². The number of nitrogens with two attached hydrogens (primary N) is 1. The molecule has 14 heteroatoms. The fourth-order valence-electron chi connectivity index (χ4n) is 7.30. The number of amides is 4. The van der Waals surface area contributed by atoms with Crippen LogP contribution < -0.4 is 25.8 Å². The third-order valence-electron chi connectivity index (χ3n) is 10.4. The van der Waals surface area contributed by atoms with Crippen LogP contribution in [0.4, 0.5) is 4.79 Å². The lowest BCUT2D eigenvalue weighted by Gasteiger charge is -2.30. The van der Waals surface area contributed by atoms with E-state index in [-0.39, 0.29) is 24.8 Å². The Balaban J connectivity index is 1.37. The first-order chi connectivity index (χ1) is 25.6. The molecule has 4 heterocycles. The highest BCUT2D eigenvalue weighted by Crippen LogP contribution is 2.45. The molecule has 2 aliphatic heterocycles. The maximum absolute atomic E-state index is 14.5. The number of benzene rings is 1. The number of ether oxygens (including phenoxy) is 3. The fourth-order valence-corrected chi connectivity index (χ4v) is 8.24. The van der Waals surface area contributed by atoms with Gasteiger partial charge in [0, 0.05) is 34.7 Å². The highest BCUT2D eigenvalue weighted by atomic mass is 32.1. The van der Waals surface area contributed by atoms with Crippen molar-refractivity contribution in [3.05, 3.63) is 47.0 Å². The third kappa shape index (κ3) is 8.33. The molecule has 4 amide bonds. The molecule has 0 spiro atoms. The van der Waals surface area contributed by atoms with E-state index in [9.17, 15) is 19.2 Å². The zero-order valence-electron chi connectivity index (χ0n) is 32.2. The van der Waals surface area contributed by atoms with Gasteiger partial charge in [-0.2, -0.15) is 0 Å². The van der Waals surface area contributed by atoms with Crippen molar-refractivity contribution in [2.45, 2.75) is 122 Å². The van der Waals surface area contributed by atoms with Gasteiger partial charge >= 0.3 is 6.09 Å². The third-order valence-corrected chi connectivity index (χ3v) is 11.2. The van der Waals surface area contributed by atoms with Gasteiger partial charge in [0.2, 0.25) is 17.7 Å². The second kappa shape index (κ2) is 15.6. The molecular weight excluding hydrogens is 709 g/mol. The lowest BCUT2D eigenvalue weighted by molar-refractivity contribution is -0.141. The zero-order valence-corrected chi connectivity index (χ0v) is 33.0. The summed E-state index contributed by atoms with van der Waals surface area (Å²) >= 11 is 1.50. The number of methoxy groups -OCH3 is 1. The summed E-state index contributed by atoms with van der Waals surface area (Å²) in [5.41, 5.74) is 6.98. The van der Waals surface area contributed by atoms with Crippen LogP contribution in [0.5, 0.6) is 11.5 Å². The summed E-state index contributed by atoms with van der Waals surface area (Å²) in [5, 5.41) is 9.23. The van der Waals surface area contributed by atoms with Crippen LogP contribution in [0.2, 0.25) is 0 Å². The molecule has 0 unspecified atom stereocenters. The molecule has 3 aromatic rings. The number of carbonyl (C=O) groups is 4. The van der Waals surface area contributed by atoms with Crippen LogP contribution in [-0.2, 0) is 19.1 Å². The minimum absolute atomic E-state index is 0.0549. The van der Waals surface area contributed by atoms with E-state index in [1.807, 2.05) is 42.7 Å². The summed E-state index contributed by atoms with van der Waals surface area (Å²) in [4.78, 5) is 65.9. The predicted molar refractivity (Wildman–Crippen MR) is 206 cm³/mol. The summed E-state index contributed by atoms with van der Waals surface area (Å²) in [6, 6.07) is 3.65. The molecule has 54 heavy (non-hydrogen) atoms. The van der Waals surface area contributed by atoms with Crippen molar-refractivity contribution in [1.29, 1.82) is 0 Å². The van der Waals surface area contributed by atoms with Gasteiger partial charge in [-0.05, 0) is 71.4 Å². The number of nitrogens with zero attached hydrogens (tertiary/aromatic N) is 3. The molecule has 1 saturated heterocycles. The number of nitrogens with one attached hydrogen (secondary N) is 2. The van der Waals surface area contributed by atoms with Crippen LogP contribution in [0.25, 0.3) is 21.6 Å². The van der Waals surface area contributed by atoms with E-state index in [0.717, 1.165) is 40.9 Å². The summed E-state index contributed by atoms with van der Waals surface area (Å²) in [5.74, 6) is -0.337. The van der Waals surface area contributed by atoms with Crippen LogP contribution in [0, 0.1) is 12.8 Å². The highest BCUT2D eigenvalue weighted by molar-refractivity contribution is 7.13. The quantitative estimate of drug-likeness (QED) is 0.247. The first-order valence-corrected chi connectivity index (χ1v) is 19.7. The Labute approximate surface area is 320 Å². The van der Waals surface area contributed by atoms with E-state index in [0.29, 0.717) is 42.0 Å². The van der Waals surface area contributed by atoms with Crippen molar-refractivity contribution in [2.75, 3.05) is 13.7 Å². The first-order valence-electron chi connectivity index (χ1n) is 18.8. The van der Waals surface area contributed by atoms with Crippen molar-refractivity contribution in [3.63, 3.8) is 0 Å². The number of carbonyl (C=O) groups excluding carboxylic acids is 4. The fraction of sp³-hybridized carbons (Fsp3) is 0.550. The molecule has 5 atom stereocenters. The molecule has 2 aromatic heterocycles. The minimum Gasteiger partial charge on any atom is -0.496 e. The van der Waals surface area contributed by atoms with Gasteiger partial charge in [0.15, 0.2) is 0 Å². The molecule has 13 nitrogen and oxygen atoms in total. The van der Waals surface area contributed by atoms with Crippen molar-refractivity contribution < 1.29 is 33.4 Å². The van der Waals surface area contributed by atoms with Crippen LogP contribution in [0.1, 0.15) is 96.7 Å². The van der Waals surface area contributed by atoms with Crippen molar-refractivity contribution in [3.8, 4) is 22.2 Å². The van der Waals surface area contributed by atoms with Crippen molar-refractivity contribution in [2.24, 2.45) is 11.7 Å². The second-order valence-electron chi connectivity index (χ2n) is 15.9. The van der Waals surface area contributed by atoms with Crippen LogP contribution in [0.3, 0.4) is 0 Å². The molecule has 0 bridgehead atoms. The number of thiazole rings is 1. The van der Waals surface area contributed by atoms with Gasteiger partial charge in [-0.3, -0.25) is 14.4 Å². The highest BCUT2D eigenvalue weighted by Gasteiger charge is 2.60. The van der Waals surface area contributed by atoms with E-state index in [1.165, 1.54) is 16.2 Å². The van der Waals surface area contributed by atoms with Gasteiger partial charge in [0.1, 0.15) is 51.5 Å². The number of hydrogen-bond acceptors (Lipinski definition) is 10. The molecule has 6 rings (SSSR count). The lowest BCUT2D eigenvalue weighted by Crippen LogP contribution is -2.57. The molecular formula is C40H52N6O7S. The second-order valence-corrected chi connectivity index (χ2v) is 16.8. The number of allylic oxidation sites excluding steroid dienone is 1. The van der Waals surface area contributed by atoms with E-state index in [4.69, 9.17) is 29.9 Å². The molecule has 1 aromatic carbocycles. The number of aryl methyl sites for hydroxylation is 1. The monoisotopic (exact) mass is 760 g/mol. The summed E-state index contributed by atoms with van der Waals surface area (Å²) < 4.78 is 17.9. The molecule has 2 fully saturated rings. The number of fused-ring (bicyclic) bond motifs is 3. The summed E-state index contributed by atoms with van der Waals surface area (Å²) in [7, 11) is 1.61. The summed E-state index contributed by atoms with van der Waals surface area (Å²) in [6.45, 7) is 11.4. The minimum atomic E-state index is -1.23. The Morgan fingerprint density at radius 2 is 1.91 bits per heavy atom. The average Bonchev–Trinajstić information content (AvgIpc) is 3.40. The van der Waals surface area contributed by atoms with E-state index < -0.39 is 53.1 Å². The van der Waals surface area contributed by atoms with Crippen molar-refractivity contribution in [1.82, 2.24) is 25.5 Å². The molecule has 3 aliphatic rings. The Bertz CT molecular complexity index is 1950. The van der Waals surface area contributed by atoms with E-state index >= 15 is 0 Å².